The summed E-state index contributed by atoms with van der Waals surface area (Å²) in [6.45, 7) is 3.33. The molecule has 0 saturated carbocycles. The molecule has 0 N–H and O–H groups in total. The number of hydrogen-bond acceptors (Lipinski definition) is 6. The first-order chi connectivity index (χ1) is 12.8. The van der Waals surface area contributed by atoms with Crippen molar-refractivity contribution in [1.29, 1.82) is 0 Å². The van der Waals surface area contributed by atoms with Gasteiger partial charge in [0.2, 0.25) is 0 Å². The van der Waals surface area contributed by atoms with Crippen molar-refractivity contribution in [3.63, 3.8) is 0 Å². The number of nitrogens with zero attached hydrogens (tertiary/aromatic N) is 6. The summed E-state index contributed by atoms with van der Waals surface area (Å²) in [5, 5.41) is 8.81. The minimum atomic E-state index is -0.0440. The molecule has 7 nitrogen and oxygen atoms in total. The molecule has 0 aromatic carbocycles. The number of aromatic nitrogens is 4. The van der Waals surface area contributed by atoms with Crippen LogP contribution < -0.4 is 15.4 Å². The van der Waals surface area contributed by atoms with E-state index in [1.165, 1.54) is 12.0 Å². The Kier molecular flexibility index (Phi) is 3.58. The lowest BCUT2D eigenvalue weighted by atomic mass is 10.2. The number of aryl methyl sites for hydroxylation is 2. The van der Waals surface area contributed by atoms with E-state index in [9.17, 15) is 4.79 Å². The van der Waals surface area contributed by atoms with E-state index in [4.69, 9.17) is 0 Å². The molecule has 7 heteroatoms. The van der Waals surface area contributed by atoms with Gasteiger partial charge < -0.3 is 9.80 Å². The second-order valence-corrected chi connectivity index (χ2v) is 6.88. The highest BCUT2D eigenvalue weighted by molar-refractivity contribution is 5.50. The first kappa shape index (κ1) is 15.3. The highest BCUT2D eigenvalue weighted by Crippen LogP contribution is 2.24. The lowest BCUT2D eigenvalue weighted by Crippen LogP contribution is -2.47. The fourth-order valence-corrected chi connectivity index (χ4v) is 3.84. The molecule has 1 aliphatic heterocycles. The van der Waals surface area contributed by atoms with Crippen molar-refractivity contribution in [1.82, 2.24) is 19.6 Å². The summed E-state index contributed by atoms with van der Waals surface area (Å²) in [4.78, 5) is 21.4. The number of fused-ring (bicyclic) bond motifs is 2. The fraction of sp³-hybridized carbons (Fsp3) is 0.368. The van der Waals surface area contributed by atoms with Gasteiger partial charge in [-0.2, -0.15) is 5.10 Å². The maximum atomic E-state index is 12.3. The molecule has 0 bridgehead atoms. The van der Waals surface area contributed by atoms with Gasteiger partial charge in [0.25, 0.3) is 5.56 Å². The van der Waals surface area contributed by atoms with E-state index < -0.39 is 0 Å². The monoisotopic (exact) mass is 348 g/mol. The Morgan fingerprint density at radius 1 is 0.885 bits per heavy atom. The van der Waals surface area contributed by atoms with Crippen molar-refractivity contribution >= 4 is 17.3 Å². The molecule has 26 heavy (non-hydrogen) atoms. The second-order valence-electron chi connectivity index (χ2n) is 6.88. The zero-order chi connectivity index (χ0) is 17.5. The predicted molar refractivity (Wildman–Crippen MR) is 99.9 cm³/mol. The van der Waals surface area contributed by atoms with Crippen LogP contribution in [-0.2, 0) is 12.8 Å². The average molecular weight is 348 g/mol. The smallest absolute Gasteiger partial charge is 0.259 e. The quantitative estimate of drug-likeness (QED) is 0.695. The molecule has 132 valence electrons. The Balaban J connectivity index is 1.35. The lowest BCUT2D eigenvalue weighted by Gasteiger charge is -2.35. The van der Waals surface area contributed by atoms with Crippen LogP contribution in [0.4, 0.5) is 11.6 Å². The van der Waals surface area contributed by atoms with Crippen LogP contribution >= 0.6 is 0 Å². The van der Waals surface area contributed by atoms with E-state index in [2.05, 4.69) is 31.0 Å². The minimum Gasteiger partial charge on any atom is -0.353 e. The first-order valence-corrected chi connectivity index (χ1v) is 9.12. The summed E-state index contributed by atoms with van der Waals surface area (Å²) < 4.78 is 1.57. The Morgan fingerprint density at radius 3 is 2.54 bits per heavy atom. The number of anilines is 2. The van der Waals surface area contributed by atoms with E-state index >= 15 is 0 Å². The average Bonchev–Trinajstić information content (AvgIpc) is 3.16. The summed E-state index contributed by atoms with van der Waals surface area (Å²) in [6.07, 6.45) is 5.10. The largest absolute Gasteiger partial charge is 0.353 e. The summed E-state index contributed by atoms with van der Waals surface area (Å²) in [7, 11) is 0. The van der Waals surface area contributed by atoms with Gasteiger partial charge in [0.1, 0.15) is 11.5 Å². The van der Waals surface area contributed by atoms with Gasteiger partial charge in [0.15, 0.2) is 5.82 Å². The Morgan fingerprint density at radius 2 is 1.69 bits per heavy atom. The first-order valence-electron chi connectivity index (χ1n) is 9.12. The maximum absolute atomic E-state index is 12.3. The third-order valence-electron chi connectivity index (χ3n) is 5.29. The Bertz CT molecular complexity index is 1020. The van der Waals surface area contributed by atoms with E-state index in [1.807, 2.05) is 18.2 Å². The van der Waals surface area contributed by atoms with Crippen LogP contribution in [0.25, 0.3) is 5.65 Å². The summed E-state index contributed by atoms with van der Waals surface area (Å²) in [6, 6.07) is 9.42. The van der Waals surface area contributed by atoms with Gasteiger partial charge in [-0.25, -0.2) is 4.98 Å². The van der Waals surface area contributed by atoms with Crippen molar-refractivity contribution in [2.75, 3.05) is 36.0 Å². The highest BCUT2D eigenvalue weighted by Gasteiger charge is 2.22. The molecule has 1 fully saturated rings. The Labute approximate surface area is 150 Å². The normalized spacial score (nSPS) is 16.9. The molecule has 0 radical (unpaired) electrons. The van der Waals surface area contributed by atoms with Crippen molar-refractivity contribution in [2.24, 2.45) is 0 Å². The zero-order valence-electron chi connectivity index (χ0n) is 14.5. The van der Waals surface area contributed by atoms with Crippen LogP contribution in [0.5, 0.6) is 0 Å². The topological polar surface area (TPSA) is 66.6 Å². The number of pyridine rings is 1. The predicted octanol–water partition coefficient (Wildman–Crippen LogP) is 1.30. The molecule has 0 atom stereocenters. The van der Waals surface area contributed by atoms with Crippen LogP contribution in [0.1, 0.15) is 17.7 Å². The molecule has 4 heterocycles. The SMILES string of the molecule is O=c1cc(N2CCN(c3cc4c(nn3)CCC4)CC2)nc2ccccn12. The zero-order valence-corrected chi connectivity index (χ0v) is 14.5. The molecule has 1 saturated heterocycles. The van der Waals surface area contributed by atoms with E-state index in [0.29, 0.717) is 5.65 Å². The number of hydrogen-bond donors (Lipinski definition) is 0. The van der Waals surface area contributed by atoms with Crippen molar-refractivity contribution in [2.45, 2.75) is 19.3 Å². The lowest BCUT2D eigenvalue weighted by molar-refractivity contribution is 0.636. The fourth-order valence-electron chi connectivity index (χ4n) is 3.84. The number of rotatable bonds is 2. The van der Waals surface area contributed by atoms with Gasteiger partial charge in [-0.05, 0) is 43.0 Å². The van der Waals surface area contributed by atoms with Gasteiger partial charge in [0, 0.05) is 38.4 Å². The molecular weight excluding hydrogens is 328 g/mol. The standard InChI is InChI=1S/C19H20N6O/c26-19-13-17(20-16-6-1-2-7-25(16)19)23-8-10-24(11-9-23)18-12-14-4-3-5-15(14)21-22-18/h1-2,6-7,12-13H,3-5,8-11H2. The third kappa shape index (κ3) is 2.60. The van der Waals surface area contributed by atoms with Gasteiger partial charge in [0.05, 0.1) is 5.69 Å². The molecular formula is C19H20N6O. The van der Waals surface area contributed by atoms with Gasteiger partial charge >= 0.3 is 0 Å². The molecule has 5 rings (SSSR count). The van der Waals surface area contributed by atoms with Gasteiger partial charge in [-0.1, -0.05) is 6.07 Å². The second kappa shape index (κ2) is 6.09. The van der Waals surface area contributed by atoms with Gasteiger partial charge in [-0.15, -0.1) is 5.10 Å². The summed E-state index contributed by atoms with van der Waals surface area (Å²) in [5.41, 5.74) is 3.15. The van der Waals surface area contributed by atoms with Crippen LogP contribution in [0, 0.1) is 0 Å². The van der Waals surface area contributed by atoms with Crippen LogP contribution in [0.2, 0.25) is 0 Å². The molecule has 0 spiro atoms. The molecule has 1 aliphatic carbocycles. The molecule has 0 unspecified atom stereocenters. The van der Waals surface area contributed by atoms with E-state index in [1.54, 1.807) is 16.7 Å². The molecule has 3 aromatic heterocycles. The third-order valence-corrected chi connectivity index (χ3v) is 5.29. The number of piperazine rings is 1. The van der Waals surface area contributed by atoms with Crippen molar-refractivity contribution in [3.8, 4) is 0 Å². The van der Waals surface area contributed by atoms with Crippen LogP contribution in [0.15, 0.2) is 41.3 Å². The summed E-state index contributed by atoms with van der Waals surface area (Å²) >= 11 is 0. The molecule has 0 amide bonds. The van der Waals surface area contributed by atoms with Crippen molar-refractivity contribution < 1.29 is 0 Å². The minimum absolute atomic E-state index is 0.0440. The molecule has 2 aliphatic rings. The highest BCUT2D eigenvalue weighted by atomic mass is 16.1. The van der Waals surface area contributed by atoms with Crippen LogP contribution in [0.3, 0.4) is 0 Å². The Hall–Kier alpha value is -2.96. The maximum Gasteiger partial charge on any atom is 0.259 e. The molecule has 3 aromatic rings. The van der Waals surface area contributed by atoms with Crippen molar-refractivity contribution in [3.05, 3.63) is 58.1 Å². The van der Waals surface area contributed by atoms with E-state index in [0.717, 1.165) is 56.4 Å². The summed E-state index contributed by atoms with van der Waals surface area (Å²) in [5.74, 6) is 1.72. The van der Waals surface area contributed by atoms with Crippen LogP contribution in [-0.4, -0.2) is 45.8 Å². The van der Waals surface area contributed by atoms with E-state index in [-0.39, 0.29) is 5.56 Å². The van der Waals surface area contributed by atoms with Gasteiger partial charge in [-0.3, -0.25) is 9.20 Å².